The molecule has 24 heavy (non-hydrogen) atoms. The van der Waals surface area contributed by atoms with Crippen LogP contribution in [0.5, 0.6) is 5.75 Å². The number of hydrogen-bond donors (Lipinski definition) is 3. The molecule has 0 fully saturated rings. The Kier molecular flexibility index (Phi) is 8.31. The van der Waals surface area contributed by atoms with E-state index in [1.54, 1.807) is 6.92 Å². The highest BCUT2D eigenvalue weighted by Crippen LogP contribution is 2.18. The van der Waals surface area contributed by atoms with E-state index >= 15 is 0 Å². The quantitative estimate of drug-likeness (QED) is 0.381. The molecule has 0 bridgehead atoms. The summed E-state index contributed by atoms with van der Waals surface area (Å²) >= 11 is 0. The molecule has 0 aliphatic carbocycles. The molecule has 0 heterocycles. The van der Waals surface area contributed by atoms with Crippen LogP contribution >= 0.6 is 0 Å². The lowest BCUT2D eigenvalue weighted by Gasteiger charge is -2.14. The van der Waals surface area contributed by atoms with E-state index in [0.29, 0.717) is 12.3 Å². The second-order valence-electron chi connectivity index (χ2n) is 4.93. The van der Waals surface area contributed by atoms with Gasteiger partial charge in [0.05, 0.1) is 13.0 Å². The van der Waals surface area contributed by atoms with Crippen molar-refractivity contribution in [3.63, 3.8) is 0 Å². The molecule has 1 aromatic rings. The molecule has 1 unspecified atom stereocenters. The minimum Gasteiger partial charge on any atom is -0.491 e. The Hall–Kier alpha value is -2.03. The first kappa shape index (κ1) is 20.0. The van der Waals surface area contributed by atoms with Crippen LogP contribution in [0.4, 0.5) is 17.6 Å². The first-order chi connectivity index (χ1) is 11.3. The van der Waals surface area contributed by atoms with Crippen molar-refractivity contribution in [2.75, 3.05) is 26.2 Å². The van der Waals surface area contributed by atoms with Crippen LogP contribution in [0.1, 0.15) is 13.3 Å². The van der Waals surface area contributed by atoms with Crippen molar-refractivity contribution in [2.24, 2.45) is 4.99 Å². The molecule has 0 radical (unpaired) electrons. The molecule has 1 rings (SSSR count). The molecule has 0 aromatic heterocycles. The van der Waals surface area contributed by atoms with Gasteiger partial charge < -0.3 is 20.5 Å². The van der Waals surface area contributed by atoms with Crippen LogP contribution in [0.25, 0.3) is 0 Å². The maximum Gasteiger partial charge on any atom is 0.390 e. The number of halogens is 4. The molecule has 136 valence electrons. The van der Waals surface area contributed by atoms with Gasteiger partial charge in [-0.3, -0.25) is 4.99 Å². The average molecular weight is 351 g/mol. The lowest BCUT2D eigenvalue weighted by molar-refractivity contribution is -0.132. The fourth-order valence-electron chi connectivity index (χ4n) is 1.64. The van der Waals surface area contributed by atoms with E-state index in [4.69, 9.17) is 4.74 Å². The van der Waals surface area contributed by atoms with Gasteiger partial charge in [-0.05, 0) is 31.2 Å². The van der Waals surface area contributed by atoms with Gasteiger partial charge in [0.15, 0.2) is 5.96 Å². The van der Waals surface area contributed by atoms with Crippen LogP contribution in [-0.4, -0.2) is 49.6 Å². The number of nitrogens with one attached hydrogen (secondary N) is 2. The molecule has 0 amide bonds. The summed E-state index contributed by atoms with van der Waals surface area (Å²) in [5.41, 5.74) is 0. The molecule has 9 heteroatoms. The summed E-state index contributed by atoms with van der Waals surface area (Å²) in [4.78, 5) is 4.00. The van der Waals surface area contributed by atoms with Crippen molar-refractivity contribution in [3.8, 4) is 5.75 Å². The fourth-order valence-corrected chi connectivity index (χ4v) is 1.64. The van der Waals surface area contributed by atoms with E-state index in [0.717, 1.165) is 0 Å². The smallest absolute Gasteiger partial charge is 0.390 e. The highest BCUT2D eigenvalue weighted by atomic mass is 19.4. The minimum absolute atomic E-state index is 0.0530. The summed E-state index contributed by atoms with van der Waals surface area (Å²) in [6, 6.07) is 5.31. The Balaban J connectivity index is 2.39. The van der Waals surface area contributed by atoms with Crippen LogP contribution in [0, 0.1) is 5.82 Å². The number of ether oxygens (including phenoxy) is 1. The van der Waals surface area contributed by atoms with Crippen molar-refractivity contribution in [3.05, 3.63) is 30.1 Å². The van der Waals surface area contributed by atoms with Crippen molar-refractivity contribution in [2.45, 2.75) is 25.6 Å². The number of aliphatic hydroxyl groups excluding tert-OH is 1. The molecule has 3 N–H and O–H groups in total. The van der Waals surface area contributed by atoms with Gasteiger partial charge in [-0.2, -0.15) is 13.2 Å². The number of benzene rings is 1. The Morgan fingerprint density at radius 2 is 1.92 bits per heavy atom. The highest BCUT2D eigenvalue weighted by molar-refractivity contribution is 5.79. The van der Waals surface area contributed by atoms with Crippen LogP contribution < -0.4 is 15.4 Å². The van der Waals surface area contributed by atoms with Crippen LogP contribution in [0.2, 0.25) is 0 Å². The summed E-state index contributed by atoms with van der Waals surface area (Å²) in [6.07, 6.45) is -6.17. The zero-order chi connectivity index (χ0) is 18.0. The Morgan fingerprint density at radius 3 is 2.50 bits per heavy atom. The number of guanidine groups is 1. The third-order valence-electron chi connectivity index (χ3n) is 2.76. The van der Waals surface area contributed by atoms with Crippen molar-refractivity contribution >= 4 is 5.96 Å². The third kappa shape index (κ3) is 9.19. The SMILES string of the molecule is CCNC(=NCC(O)COc1ccc(F)cc1)NCCC(F)(F)F. The lowest BCUT2D eigenvalue weighted by Crippen LogP contribution is -2.39. The summed E-state index contributed by atoms with van der Waals surface area (Å²) in [5.74, 6) is 0.185. The molecule has 0 spiro atoms. The molecule has 0 aliphatic rings. The molecule has 1 atom stereocenters. The van der Waals surface area contributed by atoms with Crippen molar-refractivity contribution in [1.29, 1.82) is 0 Å². The number of aliphatic imine (C=N–C) groups is 1. The maximum atomic E-state index is 12.7. The van der Waals surface area contributed by atoms with E-state index < -0.39 is 24.5 Å². The van der Waals surface area contributed by atoms with Crippen molar-refractivity contribution in [1.82, 2.24) is 10.6 Å². The predicted molar refractivity (Wildman–Crippen MR) is 82.6 cm³/mol. The first-order valence-corrected chi connectivity index (χ1v) is 7.45. The largest absolute Gasteiger partial charge is 0.491 e. The summed E-state index contributed by atoms with van der Waals surface area (Å²) in [6.45, 7) is 1.81. The Morgan fingerprint density at radius 1 is 1.25 bits per heavy atom. The average Bonchev–Trinajstić information content (AvgIpc) is 2.51. The monoisotopic (exact) mass is 351 g/mol. The first-order valence-electron chi connectivity index (χ1n) is 7.45. The number of alkyl halides is 3. The maximum absolute atomic E-state index is 12.7. The highest BCUT2D eigenvalue weighted by Gasteiger charge is 2.26. The van der Waals surface area contributed by atoms with E-state index in [1.165, 1.54) is 24.3 Å². The molecule has 0 saturated heterocycles. The van der Waals surface area contributed by atoms with E-state index in [9.17, 15) is 22.7 Å². The van der Waals surface area contributed by atoms with Crippen LogP contribution in [0.3, 0.4) is 0 Å². The number of hydrogen-bond acceptors (Lipinski definition) is 3. The lowest BCUT2D eigenvalue weighted by atomic mass is 10.3. The standard InChI is InChI=1S/C15H21F4N3O2/c1-2-20-14(21-8-7-15(17,18)19)22-9-12(23)10-24-13-5-3-11(16)4-6-13/h3-6,12,23H,2,7-10H2,1H3,(H2,20,21,22). The summed E-state index contributed by atoms with van der Waals surface area (Å²) in [7, 11) is 0. The van der Waals surface area contributed by atoms with Gasteiger partial charge in [0.2, 0.25) is 0 Å². The predicted octanol–water partition coefficient (Wildman–Crippen LogP) is 2.07. The van der Waals surface area contributed by atoms with Gasteiger partial charge in [0.1, 0.15) is 24.3 Å². The van der Waals surface area contributed by atoms with Crippen LogP contribution in [0.15, 0.2) is 29.3 Å². The molecule has 0 aliphatic heterocycles. The van der Waals surface area contributed by atoms with Gasteiger partial charge in [0, 0.05) is 13.1 Å². The van der Waals surface area contributed by atoms with Crippen molar-refractivity contribution < 1.29 is 27.4 Å². The molecular formula is C15H21F4N3O2. The normalized spacial score (nSPS) is 13.5. The summed E-state index contributed by atoms with van der Waals surface area (Å²) < 4.78 is 54.3. The number of aliphatic hydroxyl groups is 1. The number of rotatable bonds is 8. The van der Waals surface area contributed by atoms with Gasteiger partial charge in [-0.15, -0.1) is 0 Å². The van der Waals surface area contributed by atoms with Gasteiger partial charge >= 0.3 is 6.18 Å². The molecule has 5 nitrogen and oxygen atoms in total. The minimum atomic E-state index is -4.24. The summed E-state index contributed by atoms with van der Waals surface area (Å²) in [5, 5.41) is 15.1. The molecular weight excluding hydrogens is 330 g/mol. The zero-order valence-corrected chi connectivity index (χ0v) is 13.2. The second-order valence-corrected chi connectivity index (χ2v) is 4.93. The Bertz CT molecular complexity index is 506. The molecule has 1 aromatic carbocycles. The second kappa shape index (κ2) is 9.96. The third-order valence-corrected chi connectivity index (χ3v) is 2.76. The topological polar surface area (TPSA) is 65.9 Å². The number of nitrogens with zero attached hydrogens (tertiary/aromatic N) is 1. The van der Waals surface area contributed by atoms with E-state index in [1.807, 2.05) is 0 Å². The molecule has 0 saturated carbocycles. The van der Waals surface area contributed by atoms with Gasteiger partial charge in [-0.1, -0.05) is 0 Å². The van der Waals surface area contributed by atoms with E-state index in [2.05, 4.69) is 15.6 Å². The van der Waals surface area contributed by atoms with Gasteiger partial charge in [0.25, 0.3) is 0 Å². The fraction of sp³-hybridized carbons (Fsp3) is 0.533. The van der Waals surface area contributed by atoms with Crippen LogP contribution in [-0.2, 0) is 0 Å². The Labute approximate surface area is 137 Å². The van der Waals surface area contributed by atoms with Gasteiger partial charge in [-0.25, -0.2) is 4.39 Å². The zero-order valence-electron chi connectivity index (χ0n) is 13.2. The van der Waals surface area contributed by atoms with E-state index in [-0.39, 0.29) is 25.7 Å².